The molecule has 0 saturated heterocycles. The quantitative estimate of drug-likeness (QED) is 0.469. The summed E-state index contributed by atoms with van der Waals surface area (Å²) in [6.45, 7) is 3.07. The van der Waals surface area contributed by atoms with Crippen molar-refractivity contribution in [3.05, 3.63) is 77.7 Å². The molecule has 1 unspecified atom stereocenters. The molecule has 1 atom stereocenters. The third-order valence-corrected chi connectivity index (χ3v) is 4.47. The van der Waals surface area contributed by atoms with Crippen LogP contribution in [-0.2, 0) is 9.53 Å². The molecule has 0 saturated carbocycles. The molecule has 0 spiro atoms. The number of halogens is 3. The number of ether oxygens (including phenoxy) is 2. The van der Waals surface area contributed by atoms with Gasteiger partial charge in [0.15, 0.2) is 11.9 Å². The Morgan fingerprint density at radius 2 is 1.71 bits per heavy atom. The largest absolute Gasteiger partial charge is 0.573 e. The number of hydrogen-bond donors (Lipinski definition) is 2. The fraction of sp³-hybridized carbons (Fsp3) is 0.174. The van der Waals surface area contributed by atoms with Crippen LogP contribution in [0.5, 0.6) is 5.75 Å². The summed E-state index contributed by atoms with van der Waals surface area (Å²) in [6.07, 6.45) is -4.70. The molecule has 2 N–H and O–H groups in total. The number of amides is 2. The Balaban J connectivity index is 1.60. The average molecular weight is 476 g/mol. The van der Waals surface area contributed by atoms with Gasteiger partial charge in [-0.1, -0.05) is 6.07 Å². The van der Waals surface area contributed by atoms with Crippen LogP contribution in [0.3, 0.4) is 0 Å². The van der Waals surface area contributed by atoms with E-state index in [2.05, 4.69) is 15.4 Å². The first-order chi connectivity index (χ1) is 16.0. The maximum Gasteiger partial charge on any atom is 0.573 e. The highest BCUT2D eigenvalue weighted by atomic mass is 19.4. The summed E-state index contributed by atoms with van der Waals surface area (Å²) in [5.74, 6) is -2.37. The monoisotopic (exact) mass is 476 g/mol. The molecule has 0 bridgehead atoms. The maximum atomic E-state index is 12.5. The van der Waals surface area contributed by atoms with E-state index in [1.54, 1.807) is 19.1 Å². The molecule has 3 rings (SSSR count). The summed E-state index contributed by atoms with van der Waals surface area (Å²) in [4.78, 5) is 37.0. The van der Waals surface area contributed by atoms with Crippen molar-refractivity contribution in [3.8, 4) is 5.75 Å². The molecule has 11 heteroatoms. The van der Waals surface area contributed by atoms with Gasteiger partial charge < -0.3 is 24.5 Å². The van der Waals surface area contributed by atoms with E-state index in [9.17, 15) is 27.6 Å². The van der Waals surface area contributed by atoms with Crippen molar-refractivity contribution < 1.29 is 41.4 Å². The number of rotatable bonds is 7. The number of carbonyl (C=O) groups excluding carboxylic acids is 3. The van der Waals surface area contributed by atoms with Crippen molar-refractivity contribution in [1.29, 1.82) is 0 Å². The fourth-order valence-corrected chi connectivity index (χ4v) is 2.74. The lowest BCUT2D eigenvalue weighted by molar-refractivity contribution is -0.274. The highest BCUT2D eigenvalue weighted by molar-refractivity contribution is 6.03. The van der Waals surface area contributed by atoms with Crippen LogP contribution < -0.4 is 15.4 Å². The summed E-state index contributed by atoms with van der Waals surface area (Å²) in [7, 11) is 0. The Hall–Kier alpha value is -4.28. The number of esters is 1. The predicted molar refractivity (Wildman–Crippen MR) is 114 cm³/mol. The van der Waals surface area contributed by atoms with Gasteiger partial charge in [-0.3, -0.25) is 9.59 Å². The summed E-state index contributed by atoms with van der Waals surface area (Å²) >= 11 is 0. The van der Waals surface area contributed by atoms with Gasteiger partial charge in [0, 0.05) is 11.4 Å². The summed E-state index contributed by atoms with van der Waals surface area (Å²) in [5, 5.41) is 5.07. The van der Waals surface area contributed by atoms with E-state index in [-0.39, 0.29) is 17.0 Å². The van der Waals surface area contributed by atoms with E-state index in [0.717, 1.165) is 12.1 Å². The zero-order chi connectivity index (χ0) is 24.9. The third-order valence-electron chi connectivity index (χ3n) is 4.47. The minimum atomic E-state index is -4.83. The molecule has 0 aliphatic rings. The Kier molecular flexibility index (Phi) is 7.24. The van der Waals surface area contributed by atoms with Crippen LogP contribution in [0.1, 0.15) is 33.4 Å². The van der Waals surface area contributed by atoms with Crippen molar-refractivity contribution in [2.75, 3.05) is 10.6 Å². The molecule has 34 heavy (non-hydrogen) atoms. The van der Waals surface area contributed by atoms with E-state index >= 15 is 0 Å². The highest BCUT2D eigenvalue weighted by Crippen LogP contribution is 2.24. The second-order valence-electron chi connectivity index (χ2n) is 7.07. The molecule has 1 heterocycles. The number of benzene rings is 2. The smallest absolute Gasteiger partial charge is 0.459 e. The summed E-state index contributed by atoms with van der Waals surface area (Å²) < 4.78 is 50.7. The molecule has 0 radical (unpaired) electrons. The van der Waals surface area contributed by atoms with Gasteiger partial charge in [0.1, 0.15) is 5.75 Å². The van der Waals surface area contributed by atoms with Crippen LogP contribution in [0, 0.1) is 6.92 Å². The molecule has 0 aliphatic carbocycles. The molecule has 2 amide bonds. The van der Waals surface area contributed by atoms with Gasteiger partial charge in [0.05, 0.1) is 11.8 Å². The number of hydrogen-bond acceptors (Lipinski definition) is 6. The van der Waals surface area contributed by atoms with Crippen LogP contribution in [0.15, 0.2) is 65.3 Å². The van der Waals surface area contributed by atoms with Gasteiger partial charge in [-0.25, -0.2) is 4.79 Å². The zero-order valence-corrected chi connectivity index (χ0v) is 17.9. The minimum absolute atomic E-state index is 0.0913. The van der Waals surface area contributed by atoms with Gasteiger partial charge in [0.2, 0.25) is 0 Å². The Morgan fingerprint density at radius 1 is 1.00 bits per heavy atom. The van der Waals surface area contributed by atoms with Crippen LogP contribution in [-0.4, -0.2) is 30.2 Å². The van der Waals surface area contributed by atoms with Gasteiger partial charge >= 0.3 is 12.3 Å². The third kappa shape index (κ3) is 6.61. The number of carbonyl (C=O) groups is 3. The predicted octanol–water partition coefficient (Wildman–Crippen LogP) is 4.92. The number of furan rings is 1. The SMILES string of the molecule is Cc1ccc(C(=O)OC(C)C(=O)Nc2ccc(OC(F)(F)F)cc2)cc1NC(=O)c1ccco1. The van der Waals surface area contributed by atoms with E-state index in [1.165, 1.54) is 43.5 Å². The lowest BCUT2D eigenvalue weighted by atomic mass is 10.1. The van der Waals surface area contributed by atoms with Gasteiger partial charge in [0.25, 0.3) is 11.8 Å². The molecule has 3 aromatic rings. The molecule has 0 fully saturated rings. The van der Waals surface area contributed by atoms with Crippen molar-refractivity contribution in [2.45, 2.75) is 26.3 Å². The molecular formula is C23H19F3N2O6. The molecular weight excluding hydrogens is 457 g/mol. The van der Waals surface area contributed by atoms with E-state index in [1.807, 2.05) is 0 Å². The average Bonchev–Trinajstić information content (AvgIpc) is 3.30. The van der Waals surface area contributed by atoms with Crippen molar-refractivity contribution in [1.82, 2.24) is 0 Å². The lowest BCUT2D eigenvalue weighted by Crippen LogP contribution is -2.30. The minimum Gasteiger partial charge on any atom is -0.459 e. The van der Waals surface area contributed by atoms with Crippen LogP contribution in [0.4, 0.5) is 24.5 Å². The standard InChI is InChI=1S/C23H19F3N2O6/c1-13-5-6-15(12-18(13)28-21(30)19-4-3-11-32-19)22(31)33-14(2)20(29)27-16-7-9-17(10-8-16)34-23(24,25)26/h3-12,14H,1-2H3,(H,27,29)(H,28,30). The van der Waals surface area contributed by atoms with Crippen molar-refractivity contribution in [2.24, 2.45) is 0 Å². The highest BCUT2D eigenvalue weighted by Gasteiger charge is 2.31. The second-order valence-corrected chi connectivity index (χ2v) is 7.07. The van der Waals surface area contributed by atoms with Gasteiger partial charge in [-0.05, 0) is 67.9 Å². The van der Waals surface area contributed by atoms with E-state index in [4.69, 9.17) is 9.15 Å². The summed E-state index contributed by atoms with van der Waals surface area (Å²) in [6, 6.07) is 12.0. The molecule has 178 valence electrons. The first kappa shape index (κ1) is 24.4. The second kappa shape index (κ2) is 10.1. The first-order valence-electron chi connectivity index (χ1n) is 9.85. The number of aryl methyl sites for hydroxylation is 1. The Labute approximate surface area is 191 Å². The number of nitrogens with one attached hydrogen (secondary N) is 2. The Morgan fingerprint density at radius 3 is 2.32 bits per heavy atom. The Bertz CT molecular complexity index is 1170. The zero-order valence-electron chi connectivity index (χ0n) is 17.9. The molecule has 1 aromatic heterocycles. The summed E-state index contributed by atoms with van der Waals surface area (Å²) in [5.41, 5.74) is 1.31. The van der Waals surface area contributed by atoms with E-state index in [0.29, 0.717) is 11.3 Å². The van der Waals surface area contributed by atoms with Gasteiger partial charge in [-0.2, -0.15) is 0 Å². The van der Waals surface area contributed by atoms with Crippen LogP contribution in [0.25, 0.3) is 0 Å². The normalized spacial score (nSPS) is 11.9. The van der Waals surface area contributed by atoms with Gasteiger partial charge in [-0.15, -0.1) is 13.2 Å². The first-order valence-corrected chi connectivity index (χ1v) is 9.85. The van der Waals surface area contributed by atoms with Crippen molar-refractivity contribution >= 4 is 29.2 Å². The number of alkyl halides is 3. The lowest BCUT2D eigenvalue weighted by Gasteiger charge is -2.15. The van der Waals surface area contributed by atoms with Crippen LogP contribution in [0.2, 0.25) is 0 Å². The topological polar surface area (TPSA) is 107 Å². The molecule has 2 aromatic carbocycles. The molecule has 0 aliphatic heterocycles. The maximum absolute atomic E-state index is 12.5. The molecule has 8 nitrogen and oxygen atoms in total. The number of anilines is 2. The van der Waals surface area contributed by atoms with Crippen molar-refractivity contribution in [3.63, 3.8) is 0 Å². The fourth-order valence-electron chi connectivity index (χ4n) is 2.74. The van der Waals surface area contributed by atoms with Crippen LogP contribution >= 0.6 is 0 Å². The van der Waals surface area contributed by atoms with E-state index < -0.39 is 36.0 Å².